The van der Waals surface area contributed by atoms with Crippen LogP contribution in [0.1, 0.15) is 5.69 Å². The van der Waals surface area contributed by atoms with Crippen LogP contribution in [0.3, 0.4) is 0 Å². The number of nitrogens with one attached hydrogen (secondary N) is 1. The van der Waals surface area contributed by atoms with Gasteiger partial charge in [-0.05, 0) is 0 Å². The van der Waals surface area contributed by atoms with Crippen LogP contribution in [-0.4, -0.2) is 42.0 Å². The lowest BCUT2D eigenvalue weighted by atomic mass is 10.5. The second kappa shape index (κ2) is 4.52. The van der Waals surface area contributed by atoms with Crippen LogP contribution < -0.4 is 5.32 Å². The van der Waals surface area contributed by atoms with E-state index in [0.29, 0.717) is 13.1 Å². The molecule has 0 unspecified atom stereocenters. The Morgan fingerprint density at radius 3 is 2.79 bits per heavy atom. The summed E-state index contributed by atoms with van der Waals surface area (Å²) in [6.07, 6.45) is 3.00. The van der Waals surface area contributed by atoms with E-state index in [4.69, 9.17) is 0 Å². The van der Waals surface area contributed by atoms with E-state index in [2.05, 4.69) is 15.6 Å². The summed E-state index contributed by atoms with van der Waals surface area (Å²) in [7, 11) is -1.09. The maximum Gasteiger partial charge on any atom is 0.148 e. The van der Waals surface area contributed by atoms with Gasteiger partial charge in [-0.2, -0.15) is 0 Å². The third kappa shape index (κ3) is 4.33. The van der Waals surface area contributed by atoms with E-state index < -0.39 is 9.84 Å². The van der Waals surface area contributed by atoms with Gasteiger partial charge in [0, 0.05) is 32.6 Å². The van der Waals surface area contributed by atoms with Crippen molar-refractivity contribution in [3.8, 4) is 0 Å². The van der Waals surface area contributed by atoms with E-state index in [1.54, 1.807) is 17.9 Å². The van der Waals surface area contributed by atoms with Crippen molar-refractivity contribution in [1.29, 1.82) is 0 Å². The Balaban J connectivity index is 2.23. The molecule has 0 aliphatic rings. The Bertz CT molecular complexity index is 384. The Labute approximate surface area is 83.2 Å². The molecule has 0 fully saturated rings. The van der Waals surface area contributed by atoms with E-state index in [0.717, 1.165) is 5.69 Å². The molecular formula is C7H14N4O2S. The van der Waals surface area contributed by atoms with Crippen molar-refractivity contribution in [1.82, 2.24) is 20.3 Å². The normalized spacial score (nSPS) is 11.9. The van der Waals surface area contributed by atoms with Crippen molar-refractivity contribution in [3.63, 3.8) is 0 Å². The first-order chi connectivity index (χ1) is 6.47. The fourth-order valence-electron chi connectivity index (χ4n) is 0.950. The van der Waals surface area contributed by atoms with Crippen molar-refractivity contribution in [3.05, 3.63) is 11.9 Å². The fourth-order valence-corrected chi connectivity index (χ4v) is 1.47. The molecule has 0 saturated heterocycles. The number of sulfone groups is 1. The van der Waals surface area contributed by atoms with Gasteiger partial charge in [-0.25, -0.2) is 8.42 Å². The fraction of sp³-hybridized carbons (Fsp3) is 0.714. The zero-order chi connectivity index (χ0) is 10.6. The van der Waals surface area contributed by atoms with Crippen LogP contribution in [0.15, 0.2) is 6.20 Å². The van der Waals surface area contributed by atoms with Crippen molar-refractivity contribution in [2.45, 2.75) is 6.54 Å². The minimum absolute atomic E-state index is 0.146. The molecule has 0 spiro atoms. The highest BCUT2D eigenvalue weighted by atomic mass is 32.2. The van der Waals surface area contributed by atoms with Gasteiger partial charge in [-0.15, -0.1) is 5.10 Å². The van der Waals surface area contributed by atoms with Crippen LogP contribution in [0, 0.1) is 0 Å². The smallest absolute Gasteiger partial charge is 0.148 e. The SMILES string of the molecule is Cn1cc(CNCCS(C)(=O)=O)nn1. The zero-order valence-corrected chi connectivity index (χ0v) is 9.08. The summed E-state index contributed by atoms with van der Waals surface area (Å²) < 4.78 is 23.2. The molecule has 1 aromatic heterocycles. The largest absolute Gasteiger partial charge is 0.310 e. The molecule has 0 bridgehead atoms. The molecule has 1 heterocycles. The molecule has 0 aliphatic carbocycles. The van der Waals surface area contributed by atoms with Gasteiger partial charge in [0.15, 0.2) is 0 Å². The van der Waals surface area contributed by atoms with Crippen LogP contribution >= 0.6 is 0 Å². The monoisotopic (exact) mass is 218 g/mol. The summed E-state index contributed by atoms with van der Waals surface area (Å²) in [5.74, 6) is 0.146. The summed E-state index contributed by atoms with van der Waals surface area (Å²) in [6, 6.07) is 0. The number of rotatable bonds is 5. The van der Waals surface area contributed by atoms with Gasteiger partial charge < -0.3 is 5.32 Å². The molecule has 7 heteroatoms. The molecule has 0 aromatic carbocycles. The Morgan fingerprint density at radius 1 is 1.57 bits per heavy atom. The molecule has 80 valence electrons. The van der Waals surface area contributed by atoms with Gasteiger partial charge in [-0.3, -0.25) is 4.68 Å². The van der Waals surface area contributed by atoms with Crippen molar-refractivity contribution in [2.75, 3.05) is 18.6 Å². The third-order valence-electron chi connectivity index (χ3n) is 1.61. The summed E-state index contributed by atoms with van der Waals surface area (Å²) in [5, 5.41) is 10.6. The number of aromatic nitrogens is 3. The summed E-state index contributed by atoms with van der Waals surface area (Å²) in [6.45, 7) is 0.985. The number of nitrogens with zero attached hydrogens (tertiary/aromatic N) is 3. The first-order valence-corrected chi connectivity index (χ1v) is 6.27. The lowest BCUT2D eigenvalue weighted by Gasteiger charge is -1.99. The van der Waals surface area contributed by atoms with Gasteiger partial charge in [0.2, 0.25) is 0 Å². The maximum atomic E-state index is 10.8. The second-order valence-electron chi connectivity index (χ2n) is 3.19. The summed E-state index contributed by atoms with van der Waals surface area (Å²) in [5.41, 5.74) is 0.806. The Morgan fingerprint density at radius 2 is 2.29 bits per heavy atom. The molecule has 0 radical (unpaired) electrons. The average Bonchev–Trinajstić information content (AvgIpc) is 2.44. The minimum atomic E-state index is -2.88. The van der Waals surface area contributed by atoms with Crippen LogP contribution in [-0.2, 0) is 23.4 Å². The molecule has 14 heavy (non-hydrogen) atoms. The van der Waals surface area contributed by atoms with E-state index in [-0.39, 0.29) is 5.75 Å². The maximum absolute atomic E-state index is 10.8. The van der Waals surface area contributed by atoms with E-state index >= 15 is 0 Å². The van der Waals surface area contributed by atoms with E-state index in [1.165, 1.54) is 6.26 Å². The van der Waals surface area contributed by atoms with Crippen molar-refractivity contribution >= 4 is 9.84 Å². The number of hydrogen-bond acceptors (Lipinski definition) is 5. The molecule has 1 aromatic rings. The molecule has 6 nitrogen and oxygen atoms in total. The van der Waals surface area contributed by atoms with Crippen molar-refractivity contribution in [2.24, 2.45) is 7.05 Å². The van der Waals surface area contributed by atoms with Crippen LogP contribution in [0.2, 0.25) is 0 Å². The van der Waals surface area contributed by atoms with Gasteiger partial charge in [0.05, 0.1) is 11.4 Å². The number of hydrogen-bond donors (Lipinski definition) is 1. The minimum Gasteiger partial charge on any atom is -0.310 e. The highest BCUT2D eigenvalue weighted by molar-refractivity contribution is 7.90. The van der Waals surface area contributed by atoms with Gasteiger partial charge in [0.25, 0.3) is 0 Å². The molecule has 0 aliphatic heterocycles. The first kappa shape index (κ1) is 11.1. The zero-order valence-electron chi connectivity index (χ0n) is 8.27. The third-order valence-corrected chi connectivity index (χ3v) is 2.55. The quantitative estimate of drug-likeness (QED) is 0.638. The highest BCUT2D eigenvalue weighted by Crippen LogP contribution is 1.89. The first-order valence-electron chi connectivity index (χ1n) is 4.21. The molecular weight excluding hydrogens is 204 g/mol. The molecule has 0 saturated carbocycles. The summed E-state index contributed by atoms with van der Waals surface area (Å²) >= 11 is 0. The highest BCUT2D eigenvalue weighted by Gasteiger charge is 2.01. The topological polar surface area (TPSA) is 76.9 Å². The van der Waals surface area contributed by atoms with Crippen LogP contribution in [0.4, 0.5) is 0 Å². The van der Waals surface area contributed by atoms with Gasteiger partial charge in [-0.1, -0.05) is 5.21 Å². The van der Waals surface area contributed by atoms with Gasteiger partial charge in [0.1, 0.15) is 9.84 Å². The summed E-state index contributed by atoms with van der Waals surface area (Å²) in [4.78, 5) is 0. The van der Waals surface area contributed by atoms with Crippen molar-refractivity contribution < 1.29 is 8.42 Å². The number of aryl methyl sites for hydroxylation is 1. The lowest BCUT2D eigenvalue weighted by Crippen LogP contribution is -2.22. The standard InChI is InChI=1S/C7H14N4O2S/c1-11-6-7(9-10-11)5-8-3-4-14(2,12)13/h6,8H,3-5H2,1-2H3. The van der Waals surface area contributed by atoms with E-state index in [9.17, 15) is 8.42 Å². The Hall–Kier alpha value is -0.950. The Kier molecular flexibility index (Phi) is 3.59. The molecule has 0 atom stereocenters. The molecule has 1 N–H and O–H groups in total. The van der Waals surface area contributed by atoms with Crippen LogP contribution in [0.25, 0.3) is 0 Å². The molecule has 1 rings (SSSR count). The second-order valence-corrected chi connectivity index (χ2v) is 5.45. The van der Waals surface area contributed by atoms with E-state index in [1.807, 2.05) is 0 Å². The lowest BCUT2D eigenvalue weighted by molar-refractivity contribution is 0.595. The average molecular weight is 218 g/mol. The molecule has 0 amide bonds. The predicted octanol–water partition coefficient (Wildman–Crippen LogP) is -1.05. The van der Waals surface area contributed by atoms with Crippen LogP contribution in [0.5, 0.6) is 0 Å². The van der Waals surface area contributed by atoms with Gasteiger partial charge >= 0.3 is 0 Å². The predicted molar refractivity (Wildman–Crippen MR) is 52.4 cm³/mol.